The molecule has 2 atom stereocenters. The summed E-state index contributed by atoms with van der Waals surface area (Å²) < 4.78 is 5.12. The molecule has 1 rings (SSSR count). The van der Waals surface area contributed by atoms with Gasteiger partial charge in [0.15, 0.2) is 0 Å². The van der Waals surface area contributed by atoms with Gasteiger partial charge in [0.2, 0.25) is 0 Å². The van der Waals surface area contributed by atoms with Crippen molar-refractivity contribution in [1.29, 1.82) is 0 Å². The quantitative estimate of drug-likeness (QED) is 0.583. The first-order valence-electron chi connectivity index (χ1n) is 4.13. The summed E-state index contributed by atoms with van der Waals surface area (Å²) in [5, 5.41) is 9.50. The third-order valence-electron chi connectivity index (χ3n) is 2.36. The molecule has 0 bridgehead atoms. The van der Waals surface area contributed by atoms with E-state index in [-0.39, 0.29) is 12.2 Å². The van der Waals surface area contributed by atoms with E-state index in [9.17, 15) is 5.11 Å². The predicted molar refractivity (Wildman–Crippen MR) is 44.4 cm³/mol. The largest absolute Gasteiger partial charge is 0.390 e. The summed E-state index contributed by atoms with van der Waals surface area (Å²) in [6, 6.07) is 0. The van der Waals surface area contributed by atoms with Crippen LogP contribution < -0.4 is 0 Å². The third kappa shape index (κ3) is 2.04. The molecule has 0 amide bonds. The molecule has 0 aliphatic heterocycles. The Balaban J connectivity index is 2.47. The summed E-state index contributed by atoms with van der Waals surface area (Å²) in [4.78, 5) is 0. The van der Waals surface area contributed by atoms with Crippen molar-refractivity contribution >= 4 is 0 Å². The van der Waals surface area contributed by atoms with Crippen molar-refractivity contribution in [2.45, 2.75) is 38.4 Å². The number of ether oxygens (including phenoxy) is 1. The monoisotopic (exact) mass is 156 g/mol. The minimum Gasteiger partial charge on any atom is -0.390 e. The third-order valence-corrected chi connectivity index (χ3v) is 2.36. The van der Waals surface area contributed by atoms with Crippen LogP contribution in [0, 0.1) is 0 Å². The van der Waals surface area contributed by atoms with E-state index in [1.165, 1.54) is 5.57 Å². The average molecular weight is 156 g/mol. The second-order valence-electron chi connectivity index (χ2n) is 3.03. The summed E-state index contributed by atoms with van der Waals surface area (Å²) in [7, 11) is 1.66. The highest BCUT2D eigenvalue weighted by Crippen LogP contribution is 2.25. The van der Waals surface area contributed by atoms with E-state index in [2.05, 4.69) is 6.08 Å². The number of aliphatic hydroxyl groups excluding tert-OH is 1. The summed E-state index contributed by atoms with van der Waals surface area (Å²) in [6.07, 6.45) is 4.67. The van der Waals surface area contributed by atoms with Crippen LogP contribution in [0.5, 0.6) is 0 Å². The van der Waals surface area contributed by atoms with Crippen LogP contribution in [-0.2, 0) is 4.74 Å². The van der Waals surface area contributed by atoms with Gasteiger partial charge in [-0.25, -0.2) is 0 Å². The molecule has 64 valence electrons. The molecule has 0 radical (unpaired) electrons. The number of hydrogen-bond acceptors (Lipinski definition) is 2. The Labute approximate surface area is 67.9 Å². The fourth-order valence-corrected chi connectivity index (χ4v) is 1.56. The molecule has 0 spiro atoms. The number of hydrogen-bond donors (Lipinski definition) is 1. The summed E-state index contributed by atoms with van der Waals surface area (Å²) in [5.74, 6) is 0. The second-order valence-corrected chi connectivity index (χ2v) is 3.03. The second kappa shape index (κ2) is 3.88. The molecular weight excluding hydrogens is 140 g/mol. The van der Waals surface area contributed by atoms with Gasteiger partial charge in [0.1, 0.15) is 0 Å². The Morgan fingerprint density at radius 1 is 1.64 bits per heavy atom. The molecule has 11 heavy (non-hydrogen) atoms. The van der Waals surface area contributed by atoms with E-state index in [0.29, 0.717) is 0 Å². The highest BCUT2D eigenvalue weighted by atomic mass is 16.5. The summed E-state index contributed by atoms with van der Waals surface area (Å²) in [5.41, 5.74) is 1.35. The first kappa shape index (κ1) is 8.75. The van der Waals surface area contributed by atoms with Gasteiger partial charge in [-0.2, -0.15) is 0 Å². The SMILES string of the molecule is CC=C1CCC(OC)C(O)C1. The predicted octanol–water partition coefficient (Wildman–Crippen LogP) is 1.49. The van der Waals surface area contributed by atoms with Crippen molar-refractivity contribution in [3.05, 3.63) is 11.6 Å². The molecule has 0 saturated heterocycles. The van der Waals surface area contributed by atoms with Gasteiger partial charge in [-0.3, -0.25) is 0 Å². The number of methoxy groups -OCH3 is 1. The van der Waals surface area contributed by atoms with Crippen molar-refractivity contribution in [3.63, 3.8) is 0 Å². The van der Waals surface area contributed by atoms with E-state index in [1.54, 1.807) is 7.11 Å². The fraction of sp³-hybridized carbons (Fsp3) is 0.778. The van der Waals surface area contributed by atoms with Crippen molar-refractivity contribution in [2.24, 2.45) is 0 Å². The van der Waals surface area contributed by atoms with E-state index < -0.39 is 0 Å². The molecule has 0 aromatic carbocycles. The normalized spacial score (nSPS) is 36.1. The highest BCUT2D eigenvalue weighted by Gasteiger charge is 2.24. The zero-order valence-corrected chi connectivity index (χ0v) is 7.21. The molecule has 2 heteroatoms. The number of rotatable bonds is 1. The zero-order chi connectivity index (χ0) is 8.27. The van der Waals surface area contributed by atoms with Crippen LogP contribution in [0.1, 0.15) is 26.2 Å². The van der Waals surface area contributed by atoms with Gasteiger partial charge in [-0.05, 0) is 26.2 Å². The molecule has 0 aromatic rings. The highest BCUT2D eigenvalue weighted by molar-refractivity contribution is 5.06. The van der Waals surface area contributed by atoms with E-state index in [0.717, 1.165) is 19.3 Å². The Kier molecular flexibility index (Phi) is 3.09. The maximum atomic E-state index is 9.50. The van der Waals surface area contributed by atoms with Crippen molar-refractivity contribution in [1.82, 2.24) is 0 Å². The van der Waals surface area contributed by atoms with Crippen LogP contribution in [0.2, 0.25) is 0 Å². The molecule has 2 nitrogen and oxygen atoms in total. The van der Waals surface area contributed by atoms with Gasteiger partial charge in [-0.15, -0.1) is 0 Å². The Morgan fingerprint density at radius 3 is 2.82 bits per heavy atom. The summed E-state index contributed by atoms with van der Waals surface area (Å²) >= 11 is 0. The van der Waals surface area contributed by atoms with Gasteiger partial charge < -0.3 is 9.84 Å². The molecule has 1 saturated carbocycles. The lowest BCUT2D eigenvalue weighted by Gasteiger charge is -2.27. The molecule has 1 fully saturated rings. The standard InChI is InChI=1S/C9H16O2/c1-3-7-4-5-9(11-2)8(10)6-7/h3,8-10H,4-6H2,1-2H3. The van der Waals surface area contributed by atoms with Gasteiger partial charge in [0, 0.05) is 7.11 Å². The first-order valence-corrected chi connectivity index (χ1v) is 4.13. The molecule has 2 unspecified atom stereocenters. The Morgan fingerprint density at radius 2 is 2.36 bits per heavy atom. The zero-order valence-electron chi connectivity index (χ0n) is 7.21. The van der Waals surface area contributed by atoms with Crippen LogP contribution >= 0.6 is 0 Å². The van der Waals surface area contributed by atoms with Crippen LogP contribution in [0.3, 0.4) is 0 Å². The fourth-order valence-electron chi connectivity index (χ4n) is 1.56. The molecular formula is C9H16O2. The lowest BCUT2D eigenvalue weighted by atomic mass is 9.90. The Hall–Kier alpha value is -0.340. The minimum atomic E-state index is -0.292. The van der Waals surface area contributed by atoms with Gasteiger partial charge >= 0.3 is 0 Å². The lowest BCUT2D eigenvalue weighted by molar-refractivity contribution is -0.0251. The first-order chi connectivity index (χ1) is 5.27. The van der Waals surface area contributed by atoms with Crippen molar-refractivity contribution in [3.8, 4) is 0 Å². The smallest absolute Gasteiger partial charge is 0.0838 e. The minimum absolute atomic E-state index is 0.0544. The topological polar surface area (TPSA) is 29.5 Å². The van der Waals surface area contributed by atoms with Gasteiger partial charge in [0.05, 0.1) is 12.2 Å². The van der Waals surface area contributed by atoms with E-state index in [1.807, 2.05) is 6.92 Å². The van der Waals surface area contributed by atoms with Crippen molar-refractivity contribution in [2.75, 3.05) is 7.11 Å². The molecule has 0 aromatic heterocycles. The van der Waals surface area contributed by atoms with Crippen LogP contribution in [-0.4, -0.2) is 24.4 Å². The average Bonchev–Trinajstić information content (AvgIpc) is 2.04. The molecule has 1 N–H and O–H groups in total. The molecule has 1 aliphatic carbocycles. The van der Waals surface area contributed by atoms with Gasteiger partial charge in [-0.1, -0.05) is 11.6 Å². The van der Waals surface area contributed by atoms with Gasteiger partial charge in [0.25, 0.3) is 0 Å². The summed E-state index contributed by atoms with van der Waals surface area (Å²) in [6.45, 7) is 2.02. The van der Waals surface area contributed by atoms with E-state index >= 15 is 0 Å². The number of allylic oxidation sites excluding steroid dienone is 1. The molecule has 0 heterocycles. The van der Waals surface area contributed by atoms with Crippen LogP contribution in [0.4, 0.5) is 0 Å². The lowest BCUT2D eigenvalue weighted by Crippen LogP contribution is -2.32. The van der Waals surface area contributed by atoms with Crippen LogP contribution in [0.25, 0.3) is 0 Å². The maximum Gasteiger partial charge on any atom is 0.0838 e. The number of aliphatic hydroxyl groups is 1. The van der Waals surface area contributed by atoms with E-state index in [4.69, 9.17) is 4.74 Å². The van der Waals surface area contributed by atoms with Crippen LogP contribution in [0.15, 0.2) is 11.6 Å². The maximum absolute atomic E-state index is 9.50. The Bertz CT molecular complexity index is 152. The van der Waals surface area contributed by atoms with Crippen molar-refractivity contribution < 1.29 is 9.84 Å². The molecule has 1 aliphatic rings.